The lowest BCUT2D eigenvalue weighted by Crippen LogP contribution is -2.38. The predicted molar refractivity (Wildman–Crippen MR) is 66.0 cm³/mol. The molecule has 2 atom stereocenters. The molecule has 0 aromatic heterocycles. The van der Waals surface area contributed by atoms with Crippen LogP contribution >= 0.6 is 0 Å². The van der Waals surface area contributed by atoms with Crippen LogP contribution in [-0.4, -0.2) is 12.1 Å². The van der Waals surface area contributed by atoms with Gasteiger partial charge in [0, 0.05) is 12.1 Å². The van der Waals surface area contributed by atoms with E-state index in [9.17, 15) is 0 Å². The van der Waals surface area contributed by atoms with Gasteiger partial charge in [0.15, 0.2) is 0 Å². The second kappa shape index (κ2) is 4.45. The predicted octanol–water partition coefficient (Wildman–Crippen LogP) is 3.73. The molecular formula is C14H27N. The van der Waals surface area contributed by atoms with Crippen molar-refractivity contribution >= 4 is 0 Å². The summed E-state index contributed by atoms with van der Waals surface area (Å²) in [4.78, 5) is 0. The summed E-state index contributed by atoms with van der Waals surface area (Å²) in [6.45, 7) is 7.28. The zero-order chi connectivity index (χ0) is 10.9. The fourth-order valence-electron chi connectivity index (χ4n) is 3.39. The zero-order valence-corrected chi connectivity index (χ0v) is 10.7. The Labute approximate surface area is 95.0 Å². The van der Waals surface area contributed by atoms with Crippen LogP contribution in [0.3, 0.4) is 0 Å². The number of hydrogen-bond acceptors (Lipinski definition) is 1. The van der Waals surface area contributed by atoms with E-state index in [-0.39, 0.29) is 0 Å². The maximum Gasteiger partial charge on any atom is 0.00775 e. The maximum absolute atomic E-state index is 3.90. The van der Waals surface area contributed by atoms with Crippen molar-refractivity contribution in [3.8, 4) is 0 Å². The second-order valence-corrected chi connectivity index (χ2v) is 6.53. The Kier molecular flexibility index (Phi) is 3.39. The molecule has 2 fully saturated rings. The van der Waals surface area contributed by atoms with Gasteiger partial charge in [-0.15, -0.1) is 0 Å². The first kappa shape index (κ1) is 11.4. The maximum atomic E-state index is 3.90. The second-order valence-electron chi connectivity index (χ2n) is 6.53. The van der Waals surface area contributed by atoms with E-state index in [1.165, 1.54) is 44.9 Å². The van der Waals surface area contributed by atoms with Gasteiger partial charge in [0.25, 0.3) is 0 Å². The van der Waals surface area contributed by atoms with Gasteiger partial charge in [-0.3, -0.25) is 0 Å². The van der Waals surface area contributed by atoms with Crippen molar-refractivity contribution in [1.29, 1.82) is 0 Å². The Balaban J connectivity index is 1.81. The molecule has 0 radical (unpaired) electrons. The molecule has 0 aliphatic heterocycles. The summed E-state index contributed by atoms with van der Waals surface area (Å²) >= 11 is 0. The highest BCUT2D eigenvalue weighted by molar-refractivity contribution is 4.92. The first-order chi connectivity index (χ1) is 7.08. The lowest BCUT2D eigenvalue weighted by atomic mass is 9.83. The van der Waals surface area contributed by atoms with E-state index >= 15 is 0 Å². The van der Waals surface area contributed by atoms with Crippen LogP contribution in [0.5, 0.6) is 0 Å². The minimum atomic E-state index is 0.562. The Morgan fingerprint density at radius 1 is 1.00 bits per heavy atom. The van der Waals surface area contributed by atoms with Crippen molar-refractivity contribution in [3.05, 3.63) is 0 Å². The first-order valence-electron chi connectivity index (χ1n) is 6.84. The van der Waals surface area contributed by atoms with Crippen LogP contribution in [0.25, 0.3) is 0 Å². The zero-order valence-electron chi connectivity index (χ0n) is 10.7. The molecule has 0 aromatic carbocycles. The fraction of sp³-hybridized carbons (Fsp3) is 1.00. The summed E-state index contributed by atoms with van der Waals surface area (Å²) in [6, 6.07) is 1.64. The van der Waals surface area contributed by atoms with Crippen LogP contribution in [0.2, 0.25) is 0 Å². The monoisotopic (exact) mass is 209 g/mol. The normalized spacial score (nSPS) is 37.0. The minimum absolute atomic E-state index is 0.562. The van der Waals surface area contributed by atoms with E-state index in [4.69, 9.17) is 0 Å². The van der Waals surface area contributed by atoms with Crippen LogP contribution in [0, 0.1) is 11.3 Å². The van der Waals surface area contributed by atoms with E-state index in [1.807, 2.05) is 0 Å². The van der Waals surface area contributed by atoms with Gasteiger partial charge in [-0.25, -0.2) is 0 Å². The van der Waals surface area contributed by atoms with Gasteiger partial charge in [-0.05, 0) is 37.0 Å². The molecule has 0 spiro atoms. The van der Waals surface area contributed by atoms with Gasteiger partial charge in [-0.1, -0.05) is 40.0 Å². The minimum Gasteiger partial charge on any atom is -0.311 e. The smallest absolute Gasteiger partial charge is 0.00775 e. The van der Waals surface area contributed by atoms with E-state index in [0.29, 0.717) is 5.41 Å². The molecule has 0 bridgehead atoms. The molecule has 2 unspecified atom stereocenters. The molecule has 1 nitrogen and oxygen atoms in total. The highest BCUT2D eigenvalue weighted by atomic mass is 15.0. The fourth-order valence-corrected chi connectivity index (χ4v) is 3.39. The molecule has 2 aliphatic carbocycles. The van der Waals surface area contributed by atoms with Crippen molar-refractivity contribution < 1.29 is 0 Å². The topological polar surface area (TPSA) is 12.0 Å². The van der Waals surface area contributed by atoms with Crippen LogP contribution in [-0.2, 0) is 0 Å². The molecule has 2 rings (SSSR count). The van der Waals surface area contributed by atoms with Crippen LogP contribution in [0.4, 0.5) is 0 Å². The van der Waals surface area contributed by atoms with Crippen LogP contribution < -0.4 is 5.32 Å². The van der Waals surface area contributed by atoms with E-state index in [2.05, 4.69) is 26.1 Å². The Morgan fingerprint density at radius 2 is 1.67 bits per heavy atom. The first-order valence-corrected chi connectivity index (χ1v) is 6.84. The van der Waals surface area contributed by atoms with Crippen molar-refractivity contribution in [2.45, 2.75) is 77.8 Å². The molecule has 2 saturated carbocycles. The van der Waals surface area contributed by atoms with Gasteiger partial charge in [0.1, 0.15) is 0 Å². The van der Waals surface area contributed by atoms with E-state index in [1.54, 1.807) is 0 Å². The van der Waals surface area contributed by atoms with Crippen molar-refractivity contribution in [3.63, 3.8) is 0 Å². The highest BCUT2D eigenvalue weighted by Gasteiger charge is 2.38. The summed E-state index contributed by atoms with van der Waals surface area (Å²) in [7, 11) is 0. The molecule has 1 N–H and O–H groups in total. The largest absolute Gasteiger partial charge is 0.311 e. The summed E-state index contributed by atoms with van der Waals surface area (Å²) in [5, 5.41) is 3.90. The lowest BCUT2D eigenvalue weighted by molar-refractivity contribution is 0.275. The molecule has 1 heteroatoms. The highest BCUT2D eigenvalue weighted by Crippen LogP contribution is 2.42. The summed E-state index contributed by atoms with van der Waals surface area (Å²) in [5.41, 5.74) is 0.562. The standard InChI is InChI=1S/C14H27N/c1-11-9-13(10-14(11,2)3)15-12-7-5-4-6-8-12/h11-13,15H,4-10H2,1-3H3. The van der Waals surface area contributed by atoms with Crippen LogP contribution in [0.1, 0.15) is 65.7 Å². The molecular weight excluding hydrogens is 182 g/mol. The molecule has 0 aromatic rings. The molecule has 2 aliphatic rings. The average Bonchev–Trinajstić information content (AvgIpc) is 2.42. The summed E-state index contributed by atoms with van der Waals surface area (Å²) in [6.07, 6.45) is 9.97. The van der Waals surface area contributed by atoms with E-state index in [0.717, 1.165) is 18.0 Å². The lowest BCUT2D eigenvalue weighted by Gasteiger charge is -2.27. The van der Waals surface area contributed by atoms with Gasteiger partial charge < -0.3 is 5.32 Å². The Morgan fingerprint density at radius 3 is 2.20 bits per heavy atom. The number of nitrogens with one attached hydrogen (secondary N) is 1. The Hall–Kier alpha value is -0.0400. The molecule has 0 saturated heterocycles. The van der Waals surface area contributed by atoms with Crippen molar-refractivity contribution in [2.75, 3.05) is 0 Å². The third-order valence-corrected chi connectivity index (χ3v) is 4.82. The van der Waals surface area contributed by atoms with Gasteiger partial charge in [-0.2, -0.15) is 0 Å². The van der Waals surface area contributed by atoms with Crippen molar-refractivity contribution in [1.82, 2.24) is 5.32 Å². The molecule has 0 heterocycles. The van der Waals surface area contributed by atoms with Gasteiger partial charge in [0.2, 0.25) is 0 Å². The van der Waals surface area contributed by atoms with Crippen molar-refractivity contribution in [2.24, 2.45) is 11.3 Å². The van der Waals surface area contributed by atoms with E-state index < -0.39 is 0 Å². The Bertz CT molecular complexity index is 203. The quantitative estimate of drug-likeness (QED) is 0.730. The average molecular weight is 209 g/mol. The number of rotatable bonds is 2. The SMILES string of the molecule is CC1CC(NC2CCCCC2)CC1(C)C. The molecule has 0 amide bonds. The van der Waals surface area contributed by atoms with Gasteiger partial charge >= 0.3 is 0 Å². The summed E-state index contributed by atoms with van der Waals surface area (Å²) < 4.78 is 0. The van der Waals surface area contributed by atoms with Crippen LogP contribution in [0.15, 0.2) is 0 Å². The third-order valence-electron chi connectivity index (χ3n) is 4.82. The summed E-state index contributed by atoms with van der Waals surface area (Å²) in [5.74, 6) is 0.888. The molecule has 15 heavy (non-hydrogen) atoms. The molecule has 88 valence electrons. The van der Waals surface area contributed by atoms with Gasteiger partial charge in [0.05, 0.1) is 0 Å². The number of hydrogen-bond donors (Lipinski definition) is 1. The third kappa shape index (κ3) is 2.75.